The van der Waals surface area contributed by atoms with E-state index >= 15 is 0 Å². The first-order valence-corrected chi connectivity index (χ1v) is 5.59. The minimum Gasteiger partial charge on any atom is -0.387 e. The SMILES string of the molecule is CN(CCc1ccc(Cl)cc1Cl)C(=O)CO. The summed E-state index contributed by atoms with van der Waals surface area (Å²) in [5.74, 6) is -0.301. The van der Waals surface area contributed by atoms with Crippen LogP contribution < -0.4 is 0 Å². The zero-order chi connectivity index (χ0) is 12.1. The van der Waals surface area contributed by atoms with E-state index in [0.717, 1.165) is 5.56 Å². The fraction of sp³-hybridized carbons (Fsp3) is 0.364. The van der Waals surface area contributed by atoms with Gasteiger partial charge in [0.1, 0.15) is 6.61 Å². The van der Waals surface area contributed by atoms with Gasteiger partial charge in [0, 0.05) is 23.6 Å². The largest absolute Gasteiger partial charge is 0.387 e. The van der Waals surface area contributed by atoms with Crippen LogP contribution in [-0.4, -0.2) is 36.1 Å². The summed E-state index contributed by atoms with van der Waals surface area (Å²) in [6.45, 7) is 0.0472. The highest BCUT2D eigenvalue weighted by molar-refractivity contribution is 6.35. The predicted molar refractivity (Wildman–Crippen MR) is 64.9 cm³/mol. The topological polar surface area (TPSA) is 40.5 Å². The molecule has 0 saturated carbocycles. The van der Waals surface area contributed by atoms with Gasteiger partial charge in [-0.15, -0.1) is 0 Å². The molecule has 0 unspecified atom stereocenters. The van der Waals surface area contributed by atoms with Crippen molar-refractivity contribution in [2.24, 2.45) is 0 Å². The minimum absolute atomic E-state index is 0.301. The maximum atomic E-state index is 11.1. The first-order chi connectivity index (χ1) is 7.54. The molecule has 88 valence electrons. The van der Waals surface area contributed by atoms with Crippen molar-refractivity contribution in [3.63, 3.8) is 0 Å². The molecule has 0 heterocycles. The monoisotopic (exact) mass is 261 g/mol. The number of rotatable bonds is 4. The Bertz CT molecular complexity index is 382. The van der Waals surface area contributed by atoms with E-state index < -0.39 is 6.61 Å². The molecule has 0 atom stereocenters. The summed E-state index contributed by atoms with van der Waals surface area (Å²) in [4.78, 5) is 12.6. The van der Waals surface area contributed by atoms with Crippen LogP contribution in [0.15, 0.2) is 18.2 Å². The molecule has 16 heavy (non-hydrogen) atoms. The number of benzene rings is 1. The number of halogens is 2. The summed E-state index contributed by atoms with van der Waals surface area (Å²) in [6, 6.07) is 5.27. The van der Waals surface area contributed by atoms with Crippen LogP contribution in [0, 0.1) is 0 Å². The maximum absolute atomic E-state index is 11.1. The second-order valence-electron chi connectivity index (χ2n) is 3.46. The number of aliphatic hydroxyl groups excluding tert-OH is 1. The molecule has 0 radical (unpaired) electrons. The standard InChI is InChI=1S/C11H13Cl2NO2/c1-14(11(16)7-15)5-4-8-2-3-9(12)6-10(8)13/h2-3,6,15H,4-5,7H2,1H3. The number of likely N-dealkylation sites (N-methyl/N-ethyl adjacent to an activating group) is 1. The number of hydrogen-bond donors (Lipinski definition) is 1. The molecular weight excluding hydrogens is 249 g/mol. The lowest BCUT2D eigenvalue weighted by molar-refractivity contribution is -0.132. The van der Waals surface area contributed by atoms with Gasteiger partial charge >= 0.3 is 0 Å². The number of hydrogen-bond acceptors (Lipinski definition) is 2. The van der Waals surface area contributed by atoms with Crippen molar-refractivity contribution in [1.82, 2.24) is 4.90 Å². The molecule has 0 fully saturated rings. The fourth-order valence-corrected chi connectivity index (χ4v) is 1.76. The fourth-order valence-electron chi connectivity index (χ4n) is 1.26. The lowest BCUT2D eigenvalue weighted by atomic mass is 10.1. The molecule has 5 heteroatoms. The van der Waals surface area contributed by atoms with Crippen LogP contribution in [0.25, 0.3) is 0 Å². The molecule has 1 aromatic rings. The van der Waals surface area contributed by atoms with Gasteiger partial charge < -0.3 is 10.0 Å². The van der Waals surface area contributed by atoms with E-state index in [9.17, 15) is 4.79 Å². The lowest BCUT2D eigenvalue weighted by Crippen LogP contribution is -2.31. The van der Waals surface area contributed by atoms with Gasteiger partial charge in [0.05, 0.1) is 0 Å². The predicted octanol–water partition coefficient (Wildman–Crippen LogP) is 1.99. The van der Waals surface area contributed by atoms with Gasteiger partial charge in [-0.3, -0.25) is 4.79 Å². The Balaban J connectivity index is 2.58. The Kier molecular flexibility index (Phi) is 5.06. The molecule has 1 N–H and O–H groups in total. The number of amides is 1. The Morgan fingerprint density at radius 1 is 1.44 bits per heavy atom. The maximum Gasteiger partial charge on any atom is 0.248 e. The van der Waals surface area contributed by atoms with Gasteiger partial charge in [0.2, 0.25) is 5.91 Å². The second-order valence-corrected chi connectivity index (χ2v) is 4.30. The third-order valence-electron chi connectivity index (χ3n) is 2.29. The summed E-state index contributed by atoms with van der Waals surface area (Å²) < 4.78 is 0. The average molecular weight is 262 g/mol. The van der Waals surface area contributed by atoms with E-state index in [2.05, 4.69) is 0 Å². The second kappa shape index (κ2) is 6.09. The van der Waals surface area contributed by atoms with Crippen LogP contribution in [-0.2, 0) is 11.2 Å². The minimum atomic E-state index is -0.467. The average Bonchev–Trinajstić information content (AvgIpc) is 2.26. The van der Waals surface area contributed by atoms with Crippen molar-refractivity contribution in [1.29, 1.82) is 0 Å². The van der Waals surface area contributed by atoms with Crippen LogP contribution in [0.1, 0.15) is 5.56 Å². The molecule has 0 aliphatic carbocycles. The third-order valence-corrected chi connectivity index (χ3v) is 2.88. The molecule has 0 spiro atoms. The summed E-state index contributed by atoms with van der Waals surface area (Å²) >= 11 is 11.8. The van der Waals surface area contributed by atoms with Gasteiger partial charge in [0.25, 0.3) is 0 Å². The first-order valence-electron chi connectivity index (χ1n) is 4.83. The molecular formula is C11H13Cl2NO2. The van der Waals surface area contributed by atoms with Crippen molar-refractivity contribution in [3.8, 4) is 0 Å². The van der Waals surface area contributed by atoms with E-state index in [1.165, 1.54) is 4.90 Å². The zero-order valence-corrected chi connectivity index (χ0v) is 10.4. The number of carbonyl (C=O) groups is 1. The smallest absolute Gasteiger partial charge is 0.248 e. The molecule has 0 aromatic heterocycles. The molecule has 0 aliphatic rings. The van der Waals surface area contributed by atoms with E-state index in [0.29, 0.717) is 23.0 Å². The van der Waals surface area contributed by atoms with Gasteiger partial charge in [-0.25, -0.2) is 0 Å². The highest BCUT2D eigenvalue weighted by Gasteiger charge is 2.08. The van der Waals surface area contributed by atoms with Gasteiger partial charge in [-0.2, -0.15) is 0 Å². The molecule has 3 nitrogen and oxygen atoms in total. The van der Waals surface area contributed by atoms with Crippen molar-refractivity contribution in [2.45, 2.75) is 6.42 Å². The van der Waals surface area contributed by atoms with Crippen molar-refractivity contribution in [3.05, 3.63) is 33.8 Å². The molecule has 0 aliphatic heterocycles. The van der Waals surface area contributed by atoms with Gasteiger partial charge in [-0.05, 0) is 24.1 Å². The van der Waals surface area contributed by atoms with Crippen LogP contribution >= 0.6 is 23.2 Å². The van der Waals surface area contributed by atoms with E-state index in [4.69, 9.17) is 28.3 Å². The van der Waals surface area contributed by atoms with Crippen LogP contribution in [0.5, 0.6) is 0 Å². The number of nitrogens with zero attached hydrogens (tertiary/aromatic N) is 1. The van der Waals surface area contributed by atoms with E-state index in [1.54, 1.807) is 19.2 Å². The Hall–Kier alpha value is -0.770. The highest BCUT2D eigenvalue weighted by Crippen LogP contribution is 2.21. The van der Waals surface area contributed by atoms with Crippen LogP contribution in [0.4, 0.5) is 0 Å². The summed E-state index contributed by atoms with van der Waals surface area (Å²) in [5.41, 5.74) is 0.934. The summed E-state index contributed by atoms with van der Waals surface area (Å²) in [6.07, 6.45) is 0.637. The lowest BCUT2D eigenvalue weighted by Gasteiger charge is -2.16. The van der Waals surface area contributed by atoms with E-state index in [-0.39, 0.29) is 5.91 Å². The molecule has 1 amide bonds. The summed E-state index contributed by atoms with van der Waals surface area (Å²) in [7, 11) is 1.64. The number of aliphatic hydroxyl groups is 1. The van der Waals surface area contributed by atoms with Gasteiger partial charge in [-0.1, -0.05) is 29.3 Å². The van der Waals surface area contributed by atoms with E-state index in [1.807, 2.05) is 6.07 Å². The number of carbonyl (C=O) groups excluding carboxylic acids is 1. The van der Waals surface area contributed by atoms with Gasteiger partial charge in [0.15, 0.2) is 0 Å². The highest BCUT2D eigenvalue weighted by atomic mass is 35.5. The normalized spacial score (nSPS) is 10.2. The molecule has 0 bridgehead atoms. The van der Waals surface area contributed by atoms with Crippen LogP contribution in [0.3, 0.4) is 0 Å². The Labute approximate surface area is 105 Å². The summed E-state index contributed by atoms with van der Waals surface area (Å²) in [5, 5.41) is 9.84. The molecule has 1 rings (SSSR count). The van der Waals surface area contributed by atoms with Crippen molar-refractivity contribution in [2.75, 3.05) is 20.2 Å². The Morgan fingerprint density at radius 3 is 2.69 bits per heavy atom. The van der Waals surface area contributed by atoms with Crippen LogP contribution in [0.2, 0.25) is 10.0 Å². The quantitative estimate of drug-likeness (QED) is 0.901. The zero-order valence-electron chi connectivity index (χ0n) is 8.91. The molecule has 1 aromatic carbocycles. The van der Waals surface area contributed by atoms with Crippen molar-refractivity contribution < 1.29 is 9.90 Å². The Morgan fingerprint density at radius 2 is 2.12 bits per heavy atom. The van der Waals surface area contributed by atoms with Crippen molar-refractivity contribution >= 4 is 29.1 Å². The molecule has 0 saturated heterocycles. The first kappa shape index (κ1) is 13.3. The third kappa shape index (κ3) is 3.67.